The molecule has 0 radical (unpaired) electrons. The highest BCUT2D eigenvalue weighted by Crippen LogP contribution is 2.50. The number of nitrogens with one attached hydrogen (secondary N) is 1. The zero-order valence-electron chi connectivity index (χ0n) is 15.2. The summed E-state index contributed by atoms with van der Waals surface area (Å²) in [6.07, 6.45) is 1.20. The van der Waals surface area contributed by atoms with Gasteiger partial charge in [-0.05, 0) is 0 Å². The Hall–Kier alpha value is -1.91. The number of phosphoric ester groups is 1. The number of aromatic amines is 1. The van der Waals surface area contributed by atoms with Crippen molar-refractivity contribution in [3.8, 4) is 12.3 Å². The summed E-state index contributed by atoms with van der Waals surface area (Å²) < 4.78 is 28.2. The summed E-state index contributed by atoms with van der Waals surface area (Å²) in [4.78, 5) is 34.5. The van der Waals surface area contributed by atoms with Gasteiger partial charge in [-0.2, -0.15) is 4.98 Å². The Morgan fingerprint density at radius 1 is 1.57 bits per heavy atom. The number of H-pyrrole nitrogens is 1. The van der Waals surface area contributed by atoms with Gasteiger partial charge in [0.15, 0.2) is 22.5 Å². The Kier molecular flexibility index (Phi) is 4.96. The van der Waals surface area contributed by atoms with E-state index in [1.165, 1.54) is 16.3 Å². The number of terminal acetylenes is 1. The van der Waals surface area contributed by atoms with Gasteiger partial charge in [-0.25, -0.2) is 4.98 Å². The van der Waals surface area contributed by atoms with Gasteiger partial charge in [0.2, 0.25) is 5.95 Å². The molecule has 0 amide bonds. The third-order valence-electron chi connectivity index (χ3n) is 4.23. The minimum absolute atomic E-state index is 0. The average molecular weight is 429 g/mol. The number of imidazole rings is 1. The molecule has 150 valence electrons. The van der Waals surface area contributed by atoms with Crippen LogP contribution in [0.1, 0.15) is 14.1 Å². The van der Waals surface area contributed by atoms with E-state index in [1.807, 2.05) is 0 Å². The molecule has 2 aliphatic rings. The van der Waals surface area contributed by atoms with E-state index in [-0.39, 0.29) is 25.1 Å². The van der Waals surface area contributed by atoms with Crippen molar-refractivity contribution in [2.24, 2.45) is 0 Å². The maximum Gasteiger partial charge on any atom is 1.00 e. The summed E-state index contributed by atoms with van der Waals surface area (Å²) in [5, 5.41) is 11.0. The van der Waals surface area contributed by atoms with Crippen LogP contribution in [0.25, 0.3) is 11.2 Å². The molecule has 4 rings (SSSR count). The van der Waals surface area contributed by atoms with Crippen molar-refractivity contribution >= 4 is 36.7 Å². The minimum atomic E-state index is -4.53. The predicted octanol–water partition coefficient (Wildman–Crippen LogP) is -0.928. The first kappa shape index (κ1) is 19.4. The Bertz CT molecular complexity index is 1070. The number of aliphatic hydroxyl groups is 1. The number of aliphatic hydroxyl groups excluding tert-OH is 1. The second-order valence-electron chi connectivity index (χ2n) is 6.06. The van der Waals surface area contributed by atoms with Crippen molar-refractivity contribution in [3.63, 3.8) is 0 Å². The summed E-state index contributed by atoms with van der Waals surface area (Å²) >= 11 is 1.23. The van der Waals surface area contributed by atoms with E-state index in [0.29, 0.717) is 17.3 Å². The molecule has 2 saturated heterocycles. The number of aromatic nitrogens is 4. The lowest BCUT2D eigenvalue weighted by Crippen LogP contribution is -2.41. The quantitative estimate of drug-likeness (QED) is 0.237. The van der Waals surface area contributed by atoms with Crippen LogP contribution >= 0.6 is 19.6 Å². The van der Waals surface area contributed by atoms with Crippen LogP contribution in [0.4, 0.5) is 5.95 Å². The monoisotopic (exact) mass is 429 g/mol. The first-order valence-corrected chi connectivity index (χ1v) is 10.6. The van der Waals surface area contributed by atoms with E-state index in [9.17, 15) is 19.4 Å². The standard InChI is InChI=1S/C14H16N5O7PS/c1-2-3-4-28-14-16-7-10(17-13(15)18-11(7)21)19(14)12-8(20)9-6(25-12)5-24-27(22,23)26-9/h1,6,8-9,12,20H,3-5H2,(H,22,23)(H3,15,17,18,21)/t6?,8?,9-,12-/m1/s1. The number of thioether (sulfide) groups is 1. The summed E-state index contributed by atoms with van der Waals surface area (Å²) in [6.45, 7) is -0.304. The van der Waals surface area contributed by atoms with Crippen molar-refractivity contribution < 1.29 is 29.8 Å². The molecule has 0 bridgehead atoms. The maximum absolute atomic E-state index is 12.2. The molecule has 28 heavy (non-hydrogen) atoms. The summed E-state index contributed by atoms with van der Waals surface area (Å²) in [7, 11) is -4.53. The molecular weight excluding hydrogens is 413 g/mol. The van der Waals surface area contributed by atoms with Gasteiger partial charge in [-0.3, -0.25) is 18.9 Å². The molecule has 12 nitrogen and oxygen atoms in total. The number of hydrogen-bond acceptors (Lipinski definition) is 11. The SMILES string of the molecule is C#CCCSc1nc2c(=O)[nH]c(N)nc2n1[C@@H]1OC2COP(=O)([O-])O[C@H]2C1O.[H+]. The minimum Gasteiger partial charge on any atom is -0.756 e. The van der Waals surface area contributed by atoms with Gasteiger partial charge in [0, 0.05) is 12.2 Å². The first-order valence-electron chi connectivity index (χ1n) is 8.12. The highest BCUT2D eigenvalue weighted by atomic mass is 32.2. The van der Waals surface area contributed by atoms with Crippen LogP contribution < -0.4 is 16.2 Å². The molecule has 2 aliphatic heterocycles. The third kappa shape index (κ3) is 3.33. The van der Waals surface area contributed by atoms with Crippen molar-refractivity contribution in [2.75, 3.05) is 18.1 Å². The van der Waals surface area contributed by atoms with Crippen molar-refractivity contribution in [1.29, 1.82) is 0 Å². The Balaban J connectivity index is 0.00000240. The second kappa shape index (κ2) is 7.16. The topological polar surface area (TPSA) is 178 Å². The van der Waals surface area contributed by atoms with Gasteiger partial charge >= 0.3 is 1.43 Å². The third-order valence-corrected chi connectivity index (χ3v) is 6.15. The van der Waals surface area contributed by atoms with E-state index < -0.39 is 37.9 Å². The van der Waals surface area contributed by atoms with Crippen molar-refractivity contribution in [2.45, 2.75) is 36.1 Å². The number of nitrogen functional groups attached to an aromatic ring is 1. The first-order chi connectivity index (χ1) is 13.3. The molecule has 0 aromatic carbocycles. The molecule has 5 atom stereocenters. The molecule has 2 aromatic heterocycles. The maximum atomic E-state index is 12.2. The van der Waals surface area contributed by atoms with Gasteiger partial charge < -0.3 is 29.5 Å². The highest BCUT2D eigenvalue weighted by molar-refractivity contribution is 7.99. The van der Waals surface area contributed by atoms with Gasteiger partial charge in [0.25, 0.3) is 13.4 Å². The number of rotatable bonds is 4. The molecule has 2 aromatic rings. The lowest BCUT2D eigenvalue weighted by molar-refractivity contribution is -0.245. The Labute approximate surface area is 163 Å². The van der Waals surface area contributed by atoms with E-state index in [1.54, 1.807) is 0 Å². The van der Waals surface area contributed by atoms with Crippen molar-refractivity contribution in [3.05, 3.63) is 10.4 Å². The Morgan fingerprint density at radius 2 is 2.36 bits per heavy atom. The normalized spacial score (nSPS) is 32.3. The van der Waals surface area contributed by atoms with Crippen LogP contribution in [-0.2, 0) is 18.3 Å². The van der Waals surface area contributed by atoms with Gasteiger partial charge in [-0.15, -0.1) is 12.3 Å². The largest absolute Gasteiger partial charge is 1.00 e. The molecule has 0 spiro atoms. The van der Waals surface area contributed by atoms with E-state index in [2.05, 4.69) is 25.4 Å². The molecular formula is C14H16N5O7PS. The molecule has 14 heteroatoms. The van der Waals surface area contributed by atoms with Gasteiger partial charge in [-0.1, -0.05) is 11.8 Å². The van der Waals surface area contributed by atoms with E-state index >= 15 is 0 Å². The lowest BCUT2D eigenvalue weighted by Gasteiger charge is -2.34. The van der Waals surface area contributed by atoms with Gasteiger partial charge in [0.1, 0.15) is 18.3 Å². The second-order valence-corrected chi connectivity index (χ2v) is 8.48. The summed E-state index contributed by atoms with van der Waals surface area (Å²) in [5.41, 5.74) is 5.16. The van der Waals surface area contributed by atoms with Crippen LogP contribution in [0.2, 0.25) is 0 Å². The van der Waals surface area contributed by atoms with E-state index in [4.69, 9.17) is 21.4 Å². The number of anilines is 1. The fourth-order valence-corrected chi connectivity index (χ4v) is 4.89. The van der Waals surface area contributed by atoms with E-state index in [0.717, 1.165) is 0 Å². The fourth-order valence-electron chi connectivity index (χ4n) is 3.05. The molecule has 4 heterocycles. The van der Waals surface area contributed by atoms with Gasteiger partial charge in [0.05, 0.1) is 6.61 Å². The number of phosphoric acid groups is 1. The smallest absolute Gasteiger partial charge is 0.756 e. The average Bonchev–Trinajstić information content (AvgIpc) is 3.12. The zero-order valence-corrected chi connectivity index (χ0v) is 15.9. The number of fused-ring (bicyclic) bond motifs is 2. The molecule has 3 unspecified atom stereocenters. The van der Waals surface area contributed by atoms with Crippen LogP contribution in [0.15, 0.2) is 9.95 Å². The number of nitrogens with two attached hydrogens (primary N) is 1. The van der Waals surface area contributed by atoms with Crippen LogP contribution in [0.5, 0.6) is 0 Å². The van der Waals surface area contributed by atoms with Crippen molar-refractivity contribution in [1.82, 2.24) is 19.5 Å². The summed E-state index contributed by atoms with van der Waals surface area (Å²) in [5.74, 6) is 2.83. The predicted molar refractivity (Wildman–Crippen MR) is 96.2 cm³/mol. The number of hydrogen-bond donors (Lipinski definition) is 3. The molecule has 0 aliphatic carbocycles. The lowest BCUT2D eigenvalue weighted by atomic mass is 10.1. The molecule has 4 N–H and O–H groups in total. The number of ether oxygens (including phenoxy) is 1. The summed E-state index contributed by atoms with van der Waals surface area (Å²) in [6, 6.07) is 0. The molecule has 0 saturated carbocycles. The Morgan fingerprint density at radius 3 is 3.11 bits per heavy atom. The number of nitrogens with zero attached hydrogens (tertiary/aromatic N) is 3. The zero-order chi connectivity index (χ0) is 20.1. The highest BCUT2D eigenvalue weighted by Gasteiger charge is 2.51. The fraction of sp³-hybridized carbons (Fsp3) is 0.500. The molecule has 2 fully saturated rings. The van der Waals surface area contributed by atoms with Crippen LogP contribution in [0.3, 0.4) is 0 Å². The van der Waals surface area contributed by atoms with Crippen LogP contribution in [-0.4, -0.2) is 55.3 Å². The van der Waals surface area contributed by atoms with Crippen LogP contribution in [0, 0.1) is 12.3 Å².